The van der Waals surface area contributed by atoms with Gasteiger partial charge in [0.25, 0.3) is 5.56 Å². The Morgan fingerprint density at radius 3 is 2.79 bits per heavy atom. The van der Waals surface area contributed by atoms with E-state index < -0.39 is 0 Å². The van der Waals surface area contributed by atoms with E-state index >= 15 is 0 Å². The summed E-state index contributed by atoms with van der Waals surface area (Å²) in [7, 11) is 0. The van der Waals surface area contributed by atoms with Crippen molar-refractivity contribution in [2.75, 3.05) is 46.0 Å². The maximum Gasteiger partial charge on any atom is 0.251 e. The minimum Gasteiger partial charge on any atom is -0.491 e. The number of benzene rings is 1. The number of carbonyl (C=O) groups is 1. The lowest BCUT2D eigenvalue weighted by atomic mass is 9.92. The van der Waals surface area contributed by atoms with Crippen molar-refractivity contribution in [2.24, 2.45) is 11.7 Å². The zero-order valence-electron chi connectivity index (χ0n) is 16.5. The largest absolute Gasteiger partial charge is 0.491 e. The number of piperidine rings is 1. The molecule has 0 saturated carbocycles. The van der Waals surface area contributed by atoms with Gasteiger partial charge in [-0.1, -0.05) is 0 Å². The molecule has 8 heteroatoms. The molecule has 3 heterocycles. The molecule has 3 atom stereocenters. The first-order valence-corrected chi connectivity index (χ1v) is 10.2. The standard InChI is InChI=1S/C21H28N4O4/c22-18-5-7-24-8-9-25-19-13-16(3-1-15(19)2-4-20(25)26)29-12-11-28-10-6-23-21(27)17(18)14-24/h1-4,13,17-18H,5-12,14,22H2,(H,23,27)/t17-,18+/m0/s1. The van der Waals surface area contributed by atoms with Crippen molar-refractivity contribution in [1.82, 2.24) is 14.8 Å². The lowest BCUT2D eigenvalue weighted by Crippen LogP contribution is -2.54. The van der Waals surface area contributed by atoms with Crippen LogP contribution >= 0.6 is 0 Å². The Balaban J connectivity index is 1.61. The van der Waals surface area contributed by atoms with Gasteiger partial charge in [-0.05, 0) is 36.6 Å². The molecule has 4 rings (SSSR count). The molecule has 1 amide bonds. The van der Waals surface area contributed by atoms with Crippen LogP contribution in [0.1, 0.15) is 6.42 Å². The number of rotatable bonds is 0. The Hall–Kier alpha value is -2.42. The summed E-state index contributed by atoms with van der Waals surface area (Å²) in [4.78, 5) is 27.3. The van der Waals surface area contributed by atoms with Crippen LogP contribution in [0.3, 0.4) is 0 Å². The summed E-state index contributed by atoms with van der Waals surface area (Å²) in [6.45, 7) is 4.36. The van der Waals surface area contributed by atoms with Gasteiger partial charge in [0.1, 0.15) is 12.4 Å². The van der Waals surface area contributed by atoms with E-state index in [0.29, 0.717) is 51.7 Å². The van der Waals surface area contributed by atoms with Crippen molar-refractivity contribution in [3.8, 4) is 5.75 Å². The van der Waals surface area contributed by atoms with Gasteiger partial charge in [0.2, 0.25) is 5.91 Å². The second-order valence-electron chi connectivity index (χ2n) is 7.66. The molecule has 1 aromatic carbocycles. The maximum absolute atomic E-state index is 12.6. The molecule has 0 aliphatic carbocycles. The fraction of sp³-hybridized carbons (Fsp3) is 0.524. The molecule has 2 aliphatic heterocycles. The van der Waals surface area contributed by atoms with Gasteiger partial charge >= 0.3 is 0 Å². The number of carbonyl (C=O) groups excluding carboxylic acids is 1. The van der Waals surface area contributed by atoms with E-state index in [1.54, 1.807) is 10.6 Å². The van der Waals surface area contributed by atoms with Crippen LogP contribution in [-0.4, -0.2) is 67.4 Å². The van der Waals surface area contributed by atoms with Crippen LogP contribution in [0.4, 0.5) is 0 Å². The highest BCUT2D eigenvalue weighted by Crippen LogP contribution is 2.21. The molecule has 3 N–H and O–H groups in total. The number of nitrogens with two attached hydrogens (primary N) is 1. The van der Waals surface area contributed by atoms with Crippen LogP contribution in [0.25, 0.3) is 10.9 Å². The predicted octanol–water partition coefficient (Wildman–Crippen LogP) is 0.176. The van der Waals surface area contributed by atoms with Gasteiger partial charge in [-0.3, -0.25) is 9.59 Å². The van der Waals surface area contributed by atoms with Crippen molar-refractivity contribution in [1.29, 1.82) is 0 Å². The molecule has 156 valence electrons. The average Bonchev–Trinajstić information content (AvgIpc) is 2.72. The Morgan fingerprint density at radius 1 is 1.03 bits per heavy atom. The van der Waals surface area contributed by atoms with Gasteiger partial charge in [0.05, 0.1) is 24.6 Å². The van der Waals surface area contributed by atoms with Gasteiger partial charge in [0.15, 0.2) is 0 Å². The zero-order chi connectivity index (χ0) is 20.2. The first kappa shape index (κ1) is 19.9. The van der Waals surface area contributed by atoms with Crippen LogP contribution in [-0.2, 0) is 16.1 Å². The number of hydrogen-bond acceptors (Lipinski definition) is 6. The number of fused-ring (bicyclic) bond motifs is 3. The minimum absolute atomic E-state index is 0.0303. The SMILES string of the molecule is N[C@@H]1CCN2CCn3c(=O)ccc4ccc(cc43)OCCOCCNC(=O)[C@H]1C2. The molecule has 29 heavy (non-hydrogen) atoms. The number of nitrogens with zero attached hydrogens (tertiary/aromatic N) is 2. The molecule has 1 aromatic heterocycles. The number of aromatic nitrogens is 1. The Labute approximate surface area is 169 Å². The summed E-state index contributed by atoms with van der Waals surface area (Å²) in [5.74, 6) is 0.429. The van der Waals surface area contributed by atoms with E-state index in [4.69, 9.17) is 15.2 Å². The summed E-state index contributed by atoms with van der Waals surface area (Å²) in [6, 6.07) is 9.07. The third-order valence-electron chi connectivity index (χ3n) is 5.73. The van der Waals surface area contributed by atoms with Crippen LogP contribution in [0.5, 0.6) is 5.75 Å². The van der Waals surface area contributed by atoms with Gasteiger partial charge in [-0.25, -0.2) is 0 Å². The molecule has 0 spiro atoms. The van der Waals surface area contributed by atoms with Crippen molar-refractivity contribution in [2.45, 2.75) is 19.0 Å². The fourth-order valence-corrected chi connectivity index (χ4v) is 4.05. The van der Waals surface area contributed by atoms with Crippen LogP contribution in [0, 0.1) is 5.92 Å². The molecule has 0 radical (unpaired) electrons. The molecule has 1 fully saturated rings. The topological polar surface area (TPSA) is 98.8 Å². The highest BCUT2D eigenvalue weighted by Gasteiger charge is 2.31. The third kappa shape index (κ3) is 4.60. The van der Waals surface area contributed by atoms with Crippen molar-refractivity contribution in [3.05, 3.63) is 40.7 Å². The number of pyridine rings is 1. The molecule has 1 saturated heterocycles. The molecular weight excluding hydrogens is 372 g/mol. The summed E-state index contributed by atoms with van der Waals surface area (Å²) < 4.78 is 13.1. The molecule has 4 bridgehead atoms. The van der Waals surface area contributed by atoms with Crippen LogP contribution < -0.4 is 21.3 Å². The van der Waals surface area contributed by atoms with Gasteiger partial charge < -0.3 is 30.0 Å². The van der Waals surface area contributed by atoms with Crippen LogP contribution in [0.2, 0.25) is 0 Å². The number of amides is 1. The van der Waals surface area contributed by atoms with Crippen molar-refractivity contribution >= 4 is 16.8 Å². The van der Waals surface area contributed by atoms with E-state index in [2.05, 4.69) is 10.2 Å². The third-order valence-corrected chi connectivity index (χ3v) is 5.73. The lowest BCUT2D eigenvalue weighted by Gasteiger charge is -2.36. The molecule has 1 unspecified atom stereocenters. The number of hydrogen-bond donors (Lipinski definition) is 2. The number of nitrogens with one attached hydrogen (secondary N) is 1. The van der Waals surface area contributed by atoms with Crippen LogP contribution in [0.15, 0.2) is 35.1 Å². The van der Waals surface area contributed by atoms with Gasteiger partial charge in [-0.15, -0.1) is 0 Å². The summed E-state index contributed by atoms with van der Waals surface area (Å²) >= 11 is 0. The summed E-state index contributed by atoms with van der Waals surface area (Å²) in [5.41, 5.74) is 7.02. The Bertz CT molecular complexity index is 929. The van der Waals surface area contributed by atoms with Crippen molar-refractivity contribution < 1.29 is 14.3 Å². The quantitative estimate of drug-likeness (QED) is 0.654. The normalized spacial score (nSPS) is 26.5. The molecule has 8 nitrogen and oxygen atoms in total. The minimum atomic E-state index is -0.251. The second-order valence-corrected chi connectivity index (χ2v) is 7.66. The van der Waals surface area contributed by atoms with E-state index in [0.717, 1.165) is 23.9 Å². The predicted molar refractivity (Wildman–Crippen MR) is 110 cm³/mol. The summed E-state index contributed by atoms with van der Waals surface area (Å²) in [5, 5.41) is 3.92. The van der Waals surface area contributed by atoms with E-state index in [1.165, 1.54) is 0 Å². The Morgan fingerprint density at radius 2 is 1.90 bits per heavy atom. The molecular formula is C21H28N4O4. The van der Waals surface area contributed by atoms with Crippen molar-refractivity contribution in [3.63, 3.8) is 0 Å². The van der Waals surface area contributed by atoms with Gasteiger partial charge in [-0.2, -0.15) is 0 Å². The van der Waals surface area contributed by atoms with E-state index in [9.17, 15) is 9.59 Å². The summed E-state index contributed by atoms with van der Waals surface area (Å²) in [6.07, 6.45) is 0.761. The highest BCUT2D eigenvalue weighted by molar-refractivity contribution is 5.80. The number of ether oxygens (including phenoxy) is 2. The average molecular weight is 400 g/mol. The second kappa shape index (κ2) is 8.94. The smallest absolute Gasteiger partial charge is 0.251 e. The van der Waals surface area contributed by atoms with Gasteiger partial charge in [0, 0.05) is 44.4 Å². The first-order valence-electron chi connectivity index (χ1n) is 10.2. The zero-order valence-corrected chi connectivity index (χ0v) is 16.5. The highest BCUT2D eigenvalue weighted by atomic mass is 16.5. The lowest BCUT2D eigenvalue weighted by molar-refractivity contribution is -0.127. The fourth-order valence-electron chi connectivity index (χ4n) is 4.05. The Kier molecular flexibility index (Phi) is 6.13. The molecule has 2 aromatic rings. The monoisotopic (exact) mass is 400 g/mol. The van der Waals surface area contributed by atoms with E-state index in [-0.39, 0.29) is 23.4 Å². The maximum atomic E-state index is 12.6. The van der Waals surface area contributed by atoms with E-state index in [1.807, 2.05) is 24.3 Å². The molecule has 2 aliphatic rings. The first-order chi connectivity index (χ1) is 14.1.